The smallest absolute Gasteiger partial charge is 0.328 e. The van der Waals surface area contributed by atoms with Crippen LogP contribution in [0.3, 0.4) is 0 Å². The number of carboxylic acid groups (broad SMARTS) is 1. The fourth-order valence-electron chi connectivity index (χ4n) is 2.12. The summed E-state index contributed by atoms with van der Waals surface area (Å²) in [4.78, 5) is 24.8. The van der Waals surface area contributed by atoms with Crippen LogP contribution in [0.2, 0.25) is 0 Å². The number of hydrogen-bond acceptors (Lipinski definition) is 4. The summed E-state index contributed by atoms with van der Waals surface area (Å²) in [6.45, 7) is 4.07. The van der Waals surface area contributed by atoms with Crippen molar-refractivity contribution >= 4 is 12.0 Å². The molecule has 1 aliphatic rings. The van der Waals surface area contributed by atoms with Crippen molar-refractivity contribution in [1.82, 2.24) is 10.2 Å². The van der Waals surface area contributed by atoms with Crippen molar-refractivity contribution < 1.29 is 24.5 Å². The van der Waals surface area contributed by atoms with Crippen molar-refractivity contribution in [2.45, 2.75) is 44.9 Å². The Labute approximate surface area is 118 Å². The maximum atomic E-state index is 12.2. The van der Waals surface area contributed by atoms with E-state index in [-0.39, 0.29) is 6.04 Å². The molecule has 0 spiro atoms. The summed E-state index contributed by atoms with van der Waals surface area (Å²) in [5.74, 6) is -0.786. The second-order valence-electron chi connectivity index (χ2n) is 5.27. The topological polar surface area (TPSA) is 99.1 Å². The minimum absolute atomic E-state index is 0.0357. The molecule has 116 valence electrons. The van der Waals surface area contributed by atoms with E-state index in [1.165, 1.54) is 6.92 Å². The molecule has 1 rings (SSSR count). The van der Waals surface area contributed by atoms with Gasteiger partial charge >= 0.3 is 12.0 Å². The standard InChI is InChI=1S/C13H24N2O5/c1-8(10-4-5-10)15(6-7-20-3)13(19)14-11(9(2)16)12(17)18/h8-11,16H,4-7H2,1-3H3,(H,14,19)(H,17,18). The third kappa shape index (κ3) is 4.64. The summed E-state index contributed by atoms with van der Waals surface area (Å²) in [5, 5.41) is 20.8. The number of urea groups is 1. The van der Waals surface area contributed by atoms with Crippen molar-refractivity contribution in [3.8, 4) is 0 Å². The van der Waals surface area contributed by atoms with Crippen LogP contribution in [-0.2, 0) is 9.53 Å². The molecule has 0 bridgehead atoms. The Bertz CT molecular complexity index is 344. The summed E-state index contributed by atoms with van der Waals surface area (Å²) in [6.07, 6.45) is 1.00. The summed E-state index contributed by atoms with van der Waals surface area (Å²) < 4.78 is 4.99. The van der Waals surface area contributed by atoms with Gasteiger partial charge in [0.2, 0.25) is 0 Å². The molecule has 0 aromatic heterocycles. The summed E-state index contributed by atoms with van der Waals surface area (Å²) in [6, 6.07) is -1.75. The molecule has 1 aliphatic carbocycles. The second kappa shape index (κ2) is 7.44. The highest BCUT2D eigenvalue weighted by atomic mass is 16.5. The highest BCUT2D eigenvalue weighted by molar-refractivity contribution is 5.83. The predicted molar refractivity (Wildman–Crippen MR) is 72.4 cm³/mol. The van der Waals surface area contributed by atoms with E-state index in [1.54, 1.807) is 12.0 Å². The van der Waals surface area contributed by atoms with E-state index in [0.29, 0.717) is 19.1 Å². The van der Waals surface area contributed by atoms with E-state index in [2.05, 4.69) is 5.32 Å². The molecule has 2 amide bonds. The van der Waals surface area contributed by atoms with Gasteiger partial charge in [0.05, 0.1) is 12.7 Å². The molecule has 3 atom stereocenters. The number of aliphatic carboxylic acids is 1. The predicted octanol–water partition coefficient (Wildman–Crippen LogP) is 0.277. The van der Waals surface area contributed by atoms with Crippen LogP contribution in [-0.4, -0.2) is 65.6 Å². The number of rotatable bonds is 8. The van der Waals surface area contributed by atoms with Gasteiger partial charge in [0.1, 0.15) is 0 Å². The maximum Gasteiger partial charge on any atom is 0.328 e. The third-order valence-electron chi connectivity index (χ3n) is 3.62. The zero-order valence-corrected chi connectivity index (χ0v) is 12.2. The number of nitrogens with zero attached hydrogens (tertiary/aromatic N) is 1. The van der Waals surface area contributed by atoms with Crippen molar-refractivity contribution in [3.05, 3.63) is 0 Å². The average molecular weight is 288 g/mol. The van der Waals surface area contributed by atoms with Gasteiger partial charge in [0, 0.05) is 19.7 Å². The Kier molecular flexibility index (Phi) is 6.22. The Morgan fingerprint density at radius 1 is 1.40 bits per heavy atom. The SMILES string of the molecule is COCCN(C(=O)NC(C(=O)O)C(C)O)C(C)C1CC1. The number of methoxy groups -OCH3 is 1. The molecule has 0 aromatic carbocycles. The Balaban J connectivity index is 2.68. The van der Waals surface area contributed by atoms with E-state index in [4.69, 9.17) is 9.84 Å². The van der Waals surface area contributed by atoms with Crippen LogP contribution in [0.1, 0.15) is 26.7 Å². The molecule has 3 unspecified atom stereocenters. The van der Waals surface area contributed by atoms with E-state index in [9.17, 15) is 14.7 Å². The first-order valence-corrected chi connectivity index (χ1v) is 6.85. The zero-order valence-electron chi connectivity index (χ0n) is 12.2. The number of hydrogen-bond donors (Lipinski definition) is 3. The molecule has 7 nitrogen and oxygen atoms in total. The average Bonchev–Trinajstić information content (AvgIpc) is 3.19. The van der Waals surface area contributed by atoms with Crippen LogP contribution >= 0.6 is 0 Å². The fourth-order valence-corrected chi connectivity index (χ4v) is 2.12. The maximum absolute atomic E-state index is 12.2. The molecule has 0 radical (unpaired) electrons. The molecule has 0 aromatic rings. The molecule has 0 saturated heterocycles. The van der Waals surface area contributed by atoms with Crippen LogP contribution < -0.4 is 5.32 Å². The molecule has 0 aliphatic heterocycles. The largest absolute Gasteiger partial charge is 0.480 e. The number of carbonyl (C=O) groups is 2. The van der Waals surface area contributed by atoms with Crippen molar-refractivity contribution in [2.24, 2.45) is 5.92 Å². The lowest BCUT2D eigenvalue weighted by Gasteiger charge is -2.31. The van der Waals surface area contributed by atoms with Gasteiger partial charge in [-0.2, -0.15) is 0 Å². The van der Waals surface area contributed by atoms with E-state index in [0.717, 1.165) is 12.8 Å². The first-order chi connectivity index (χ1) is 9.38. The van der Waals surface area contributed by atoms with Gasteiger partial charge in [0.25, 0.3) is 0 Å². The van der Waals surface area contributed by atoms with Gasteiger partial charge in [0.15, 0.2) is 6.04 Å². The molecule has 20 heavy (non-hydrogen) atoms. The molecule has 3 N–H and O–H groups in total. The van der Waals surface area contributed by atoms with Crippen LogP contribution in [0.25, 0.3) is 0 Å². The van der Waals surface area contributed by atoms with Crippen LogP contribution in [0.4, 0.5) is 4.79 Å². The van der Waals surface area contributed by atoms with Gasteiger partial charge in [-0.25, -0.2) is 9.59 Å². The molecular weight excluding hydrogens is 264 g/mol. The normalized spacial score (nSPS) is 19.0. The highest BCUT2D eigenvalue weighted by Crippen LogP contribution is 2.35. The number of amides is 2. The van der Waals surface area contributed by atoms with Crippen molar-refractivity contribution in [1.29, 1.82) is 0 Å². The first-order valence-electron chi connectivity index (χ1n) is 6.85. The first kappa shape index (κ1) is 16.7. The Morgan fingerprint density at radius 3 is 2.40 bits per heavy atom. The van der Waals surface area contributed by atoms with Crippen molar-refractivity contribution in [3.63, 3.8) is 0 Å². The zero-order chi connectivity index (χ0) is 15.3. The highest BCUT2D eigenvalue weighted by Gasteiger charge is 2.35. The molecule has 7 heteroatoms. The minimum Gasteiger partial charge on any atom is -0.480 e. The Hall–Kier alpha value is -1.34. The number of carboxylic acids is 1. The Morgan fingerprint density at radius 2 is 2.00 bits per heavy atom. The quantitative estimate of drug-likeness (QED) is 0.595. The van der Waals surface area contributed by atoms with Crippen LogP contribution in [0, 0.1) is 5.92 Å². The lowest BCUT2D eigenvalue weighted by atomic mass is 10.1. The van der Waals surface area contributed by atoms with Gasteiger partial charge in [-0.1, -0.05) is 0 Å². The number of carbonyl (C=O) groups excluding carboxylic acids is 1. The third-order valence-corrected chi connectivity index (χ3v) is 3.62. The van der Waals surface area contributed by atoms with E-state index >= 15 is 0 Å². The minimum atomic E-state index is -1.31. The molecule has 1 saturated carbocycles. The fraction of sp³-hybridized carbons (Fsp3) is 0.846. The number of ether oxygens (including phenoxy) is 1. The van der Waals surface area contributed by atoms with Crippen LogP contribution in [0.5, 0.6) is 0 Å². The summed E-state index contributed by atoms with van der Waals surface area (Å²) >= 11 is 0. The number of nitrogens with one attached hydrogen (secondary N) is 1. The number of aliphatic hydroxyl groups excluding tert-OH is 1. The molecule has 1 fully saturated rings. The van der Waals surface area contributed by atoms with Crippen LogP contribution in [0.15, 0.2) is 0 Å². The lowest BCUT2D eigenvalue weighted by molar-refractivity contribution is -0.141. The van der Waals surface area contributed by atoms with E-state index < -0.39 is 24.1 Å². The molecule has 0 heterocycles. The van der Waals surface area contributed by atoms with Gasteiger partial charge in [-0.3, -0.25) is 0 Å². The molecular formula is C13H24N2O5. The summed E-state index contributed by atoms with van der Waals surface area (Å²) in [5.41, 5.74) is 0. The van der Waals surface area contributed by atoms with Gasteiger partial charge < -0.3 is 25.2 Å². The second-order valence-corrected chi connectivity index (χ2v) is 5.27. The number of aliphatic hydroxyl groups is 1. The van der Waals surface area contributed by atoms with Gasteiger partial charge in [-0.15, -0.1) is 0 Å². The lowest BCUT2D eigenvalue weighted by Crippen LogP contribution is -2.55. The van der Waals surface area contributed by atoms with E-state index in [1.807, 2.05) is 6.92 Å². The monoisotopic (exact) mass is 288 g/mol. The summed E-state index contributed by atoms with van der Waals surface area (Å²) in [7, 11) is 1.55. The van der Waals surface area contributed by atoms with Gasteiger partial charge in [-0.05, 0) is 32.6 Å². The van der Waals surface area contributed by atoms with Crippen molar-refractivity contribution in [2.75, 3.05) is 20.3 Å².